The molecule has 9 nitrogen and oxygen atoms in total. The van der Waals surface area contributed by atoms with Gasteiger partial charge in [-0.1, -0.05) is 0 Å². The highest BCUT2D eigenvalue weighted by molar-refractivity contribution is 5.77. The van der Waals surface area contributed by atoms with Crippen LogP contribution in [0.15, 0.2) is 12.3 Å². The SMILES string of the molecule is Cc1nccc(N2CCN(C(=O)N3CCOCC3)C[C@H](C(=O)O)C2)n1. The van der Waals surface area contributed by atoms with Crippen LogP contribution in [-0.2, 0) is 9.53 Å². The van der Waals surface area contributed by atoms with Gasteiger partial charge in [0.1, 0.15) is 11.6 Å². The lowest BCUT2D eigenvalue weighted by Crippen LogP contribution is -2.50. The first-order valence-electron chi connectivity index (χ1n) is 8.43. The second-order valence-corrected chi connectivity index (χ2v) is 6.27. The fraction of sp³-hybridized carbons (Fsp3) is 0.625. The highest BCUT2D eigenvalue weighted by Gasteiger charge is 2.32. The van der Waals surface area contributed by atoms with Crippen LogP contribution in [-0.4, -0.2) is 89.4 Å². The van der Waals surface area contributed by atoms with Crippen LogP contribution < -0.4 is 4.90 Å². The molecule has 0 aliphatic carbocycles. The number of carboxylic acids is 1. The van der Waals surface area contributed by atoms with Crippen molar-refractivity contribution in [3.8, 4) is 0 Å². The fourth-order valence-corrected chi connectivity index (χ4v) is 3.13. The summed E-state index contributed by atoms with van der Waals surface area (Å²) in [6, 6.07) is 1.65. The number of urea groups is 1. The number of nitrogens with zero attached hydrogens (tertiary/aromatic N) is 5. The molecule has 0 bridgehead atoms. The molecule has 2 aliphatic heterocycles. The Morgan fingerprint density at radius 2 is 1.92 bits per heavy atom. The first-order chi connectivity index (χ1) is 12.0. The van der Waals surface area contributed by atoms with E-state index >= 15 is 0 Å². The van der Waals surface area contributed by atoms with E-state index in [9.17, 15) is 14.7 Å². The normalized spacial score (nSPS) is 21.8. The second kappa shape index (κ2) is 7.64. The number of carboxylic acid groups (broad SMARTS) is 1. The molecular weight excluding hydrogens is 326 g/mol. The van der Waals surface area contributed by atoms with Crippen molar-refractivity contribution in [2.24, 2.45) is 5.92 Å². The molecular formula is C16H23N5O4. The van der Waals surface area contributed by atoms with Gasteiger partial charge in [0.25, 0.3) is 0 Å². The van der Waals surface area contributed by atoms with Gasteiger partial charge in [-0.25, -0.2) is 14.8 Å². The predicted molar refractivity (Wildman–Crippen MR) is 89.5 cm³/mol. The van der Waals surface area contributed by atoms with E-state index in [1.807, 2.05) is 4.90 Å². The van der Waals surface area contributed by atoms with Crippen molar-refractivity contribution in [1.29, 1.82) is 0 Å². The largest absolute Gasteiger partial charge is 0.481 e. The molecule has 3 rings (SSSR count). The maximum Gasteiger partial charge on any atom is 0.320 e. The molecule has 0 unspecified atom stereocenters. The first kappa shape index (κ1) is 17.4. The van der Waals surface area contributed by atoms with E-state index in [1.54, 1.807) is 29.0 Å². The Bertz CT molecular complexity index is 635. The van der Waals surface area contributed by atoms with Gasteiger partial charge in [-0.2, -0.15) is 0 Å². The monoisotopic (exact) mass is 349 g/mol. The standard InChI is InChI=1S/C16H23N5O4/c1-12-17-3-2-14(18-12)20-4-5-21(11-13(10-20)15(22)23)16(24)19-6-8-25-9-7-19/h2-3,13H,4-11H2,1H3,(H,22,23)/t13-/m1/s1. The summed E-state index contributed by atoms with van der Waals surface area (Å²) in [6.45, 7) is 5.45. The average molecular weight is 349 g/mol. The van der Waals surface area contributed by atoms with E-state index in [1.165, 1.54) is 0 Å². The van der Waals surface area contributed by atoms with E-state index < -0.39 is 11.9 Å². The molecule has 2 fully saturated rings. The van der Waals surface area contributed by atoms with Crippen molar-refractivity contribution >= 4 is 17.8 Å². The van der Waals surface area contributed by atoms with Crippen molar-refractivity contribution in [3.63, 3.8) is 0 Å². The van der Waals surface area contributed by atoms with Crippen molar-refractivity contribution < 1.29 is 19.4 Å². The number of hydrogen-bond donors (Lipinski definition) is 1. The number of rotatable bonds is 2. The molecule has 25 heavy (non-hydrogen) atoms. The number of hydrogen-bond acceptors (Lipinski definition) is 6. The maximum atomic E-state index is 12.7. The van der Waals surface area contributed by atoms with Gasteiger partial charge in [-0.15, -0.1) is 0 Å². The summed E-state index contributed by atoms with van der Waals surface area (Å²) in [5.41, 5.74) is 0. The summed E-state index contributed by atoms with van der Waals surface area (Å²) in [5, 5.41) is 9.56. The maximum absolute atomic E-state index is 12.7. The van der Waals surface area contributed by atoms with Crippen LogP contribution in [0.1, 0.15) is 5.82 Å². The molecule has 1 aromatic rings. The molecule has 2 saturated heterocycles. The molecule has 1 aromatic heterocycles. The Morgan fingerprint density at radius 1 is 1.16 bits per heavy atom. The number of aliphatic carboxylic acids is 1. The van der Waals surface area contributed by atoms with Gasteiger partial charge in [0.2, 0.25) is 0 Å². The summed E-state index contributed by atoms with van der Waals surface area (Å²) in [6.07, 6.45) is 1.66. The Kier molecular flexibility index (Phi) is 5.32. The number of carbonyl (C=O) groups excluding carboxylic acids is 1. The number of aryl methyl sites for hydroxylation is 1. The third-order valence-electron chi connectivity index (χ3n) is 4.51. The summed E-state index contributed by atoms with van der Waals surface area (Å²) >= 11 is 0. The van der Waals surface area contributed by atoms with Gasteiger partial charge in [0.05, 0.1) is 19.1 Å². The summed E-state index contributed by atoms with van der Waals surface area (Å²) in [5.74, 6) is -0.241. The van der Waals surface area contributed by atoms with Gasteiger partial charge >= 0.3 is 12.0 Å². The fourth-order valence-electron chi connectivity index (χ4n) is 3.13. The van der Waals surface area contributed by atoms with Crippen LogP contribution in [0.25, 0.3) is 0 Å². The van der Waals surface area contributed by atoms with Crippen LogP contribution in [0.3, 0.4) is 0 Å². The molecule has 2 aliphatic rings. The lowest BCUT2D eigenvalue weighted by Gasteiger charge is -2.32. The Labute approximate surface area is 146 Å². The zero-order valence-corrected chi connectivity index (χ0v) is 14.3. The zero-order chi connectivity index (χ0) is 17.8. The van der Waals surface area contributed by atoms with Gasteiger partial charge in [0, 0.05) is 45.5 Å². The van der Waals surface area contributed by atoms with Gasteiger partial charge in [-0.3, -0.25) is 4.79 Å². The highest BCUT2D eigenvalue weighted by atomic mass is 16.5. The topological polar surface area (TPSA) is 99.1 Å². The Hall–Kier alpha value is -2.42. The lowest BCUT2D eigenvalue weighted by atomic mass is 10.1. The Morgan fingerprint density at radius 3 is 2.60 bits per heavy atom. The quantitative estimate of drug-likeness (QED) is 0.806. The van der Waals surface area contributed by atoms with E-state index in [0.717, 1.165) is 0 Å². The van der Waals surface area contributed by atoms with Crippen molar-refractivity contribution in [2.75, 3.05) is 57.4 Å². The second-order valence-electron chi connectivity index (χ2n) is 6.27. The smallest absolute Gasteiger partial charge is 0.320 e. The van der Waals surface area contributed by atoms with Gasteiger partial charge in [-0.05, 0) is 13.0 Å². The first-order valence-corrected chi connectivity index (χ1v) is 8.43. The third-order valence-corrected chi connectivity index (χ3v) is 4.51. The summed E-state index contributed by atoms with van der Waals surface area (Å²) in [7, 11) is 0. The molecule has 0 radical (unpaired) electrons. The lowest BCUT2D eigenvalue weighted by molar-refractivity contribution is -0.141. The summed E-state index contributed by atoms with van der Waals surface area (Å²) in [4.78, 5) is 38.1. The number of morpholine rings is 1. The van der Waals surface area contributed by atoms with Crippen molar-refractivity contribution in [2.45, 2.75) is 6.92 Å². The molecule has 2 amide bonds. The van der Waals surface area contributed by atoms with Crippen LogP contribution in [0, 0.1) is 12.8 Å². The molecule has 0 spiro atoms. The minimum atomic E-state index is -0.905. The average Bonchev–Trinajstić information content (AvgIpc) is 2.85. The molecule has 9 heteroatoms. The van der Waals surface area contributed by atoms with E-state index in [2.05, 4.69) is 9.97 Å². The predicted octanol–water partition coefficient (Wildman–Crippen LogP) is 0.0600. The molecule has 1 N–H and O–H groups in total. The minimum absolute atomic E-state index is 0.115. The van der Waals surface area contributed by atoms with Crippen LogP contribution in [0.5, 0.6) is 0 Å². The summed E-state index contributed by atoms with van der Waals surface area (Å²) < 4.78 is 5.28. The zero-order valence-electron chi connectivity index (χ0n) is 14.3. The number of amides is 2. The van der Waals surface area contributed by atoms with E-state index in [4.69, 9.17) is 4.74 Å². The minimum Gasteiger partial charge on any atom is -0.481 e. The van der Waals surface area contributed by atoms with Crippen molar-refractivity contribution in [3.05, 3.63) is 18.1 Å². The van der Waals surface area contributed by atoms with E-state index in [0.29, 0.717) is 57.6 Å². The number of anilines is 1. The van der Waals surface area contributed by atoms with E-state index in [-0.39, 0.29) is 12.6 Å². The van der Waals surface area contributed by atoms with Gasteiger partial charge in [0.15, 0.2) is 0 Å². The molecule has 1 atom stereocenters. The molecule has 136 valence electrons. The molecule has 3 heterocycles. The third kappa shape index (κ3) is 4.16. The molecule has 0 aromatic carbocycles. The van der Waals surface area contributed by atoms with Crippen molar-refractivity contribution in [1.82, 2.24) is 19.8 Å². The van der Waals surface area contributed by atoms with Gasteiger partial charge < -0.3 is 24.5 Å². The van der Waals surface area contributed by atoms with Crippen LogP contribution in [0.2, 0.25) is 0 Å². The van der Waals surface area contributed by atoms with Crippen LogP contribution in [0.4, 0.5) is 10.6 Å². The highest BCUT2D eigenvalue weighted by Crippen LogP contribution is 2.18. The number of ether oxygens (including phenoxy) is 1. The number of aromatic nitrogens is 2. The van der Waals surface area contributed by atoms with Crippen LogP contribution >= 0.6 is 0 Å². The Balaban J connectivity index is 1.75. The number of carbonyl (C=O) groups is 2. The molecule has 0 saturated carbocycles.